The van der Waals surface area contributed by atoms with Crippen LogP contribution in [-0.4, -0.2) is 32.3 Å². The molecule has 0 aromatic heterocycles. The highest BCUT2D eigenvalue weighted by Gasteiger charge is 2.21. The monoisotopic (exact) mass is 371 g/mol. The van der Waals surface area contributed by atoms with Crippen LogP contribution in [-0.2, 0) is 16.6 Å². The maximum Gasteiger partial charge on any atom is 0.254 e. The molecule has 0 aliphatic carbocycles. The van der Waals surface area contributed by atoms with Gasteiger partial charge in [-0.15, -0.1) is 0 Å². The summed E-state index contributed by atoms with van der Waals surface area (Å²) in [4.78, 5) is 13.9. The molecule has 7 heteroatoms. The highest BCUT2D eigenvalue weighted by Crippen LogP contribution is 2.19. The molecule has 1 amide bonds. The summed E-state index contributed by atoms with van der Waals surface area (Å²) in [7, 11) is -3.78. The van der Waals surface area contributed by atoms with Gasteiger partial charge in [-0.25, -0.2) is 13.1 Å². The average Bonchev–Trinajstić information content (AvgIpc) is 2.65. The van der Waals surface area contributed by atoms with Gasteiger partial charge in [0.2, 0.25) is 10.0 Å². The lowest BCUT2D eigenvalue weighted by Gasteiger charge is -2.18. The van der Waals surface area contributed by atoms with Crippen molar-refractivity contribution in [2.45, 2.75) is 25.3 Å². The van der Waals surface area contributed by atoms with Gasteiger partial charge in [-0.2, -0.15) is 5.26 Å². The van der Waals surface area contributed by atoms with Gasteiger partial charge in [-0.3, -0.25) is 4.79 Å². The third kappa shape index (κ3) is 4.69. The molecule has 0 fully saturated rings. The largest absolute Gasteiger partial charge is 0.326 e. The van der Waals surface area contributed by atoms with Gasteiger partial charge in [0.25, 0.3) is 5.91 Å². The van der Waals surface area contributed by atoms with Gasteiger partial charge in [0, 0.05) is 18.7 Å². The molecule has 0 radical (unpaired) electrons. The van der Waals surface area contributed by atoms with Gasteiger partial charge in [-0.1, -0.05) is 36.4 Å². The number of nitriles is 1. The second-order valence-electron chi connectivity index (χ2n) is 5.77. The fourth-order valence-electron chi connectivity index (χ4n) is 2.47. The Kier molecular flexibility index (Phi) is 6.50. The lowest BCUT2D eigenvalue weighted by molar-refractivity contribution is 0.0784. The number of sulfonamides is 1. The molecule has 2 rings (SSSR count). The van der Waals surface area contributed by atoms with E-state index in [4.69, 9.17) is 5.26 Å². The van der Waals surface area contributed by atoms with E-state index in [1.165, 1.54) is 11.0 Å². The number of rotatable bonds is 7. The quantitative estimate of drug-likeness (QED) is 0.757. The van der Waals surface area contributed by atoms with E-state index in [0.29, 0.717) is 12.1 Å². The maximum absolute atomic E-state index is 12.7. The van der Waals surface area contributed by atoms with Gasteiger partial charge >= 0.3 is 0 Å². The summed E-state index contributed by atoms with van der Waals surface area (Å²) < 4.78 is 27.9. The Bertz CT molecular complexity index is 919. The van der Waals surface area contributed by atoms with Crippen molar-refractivity contribution >= 4 is 15.9 Å². The van der Waals surface area contributed by atoms with Crippen molar-refractivity contribution in [1.29, 1.82) is 5.26 Å². The predicted octanol–water partition coefficient (Wildman–Crippen LogP) is 2.46. The number of carbonyl (C=O) groups is 1. The molecule has 6 nitrogen and oxygen atoms in total. The first-order valence-corrected chi connectivity index (χ1v) is 9.68. The highest BCUT2D eigenvalue weighted by molar-refractivity contribution is 7.89. The lowest BCUT2D eigenvalue weighted by Crippen LogP contribution is -2.31. The van der Waals surface area contributed by atoms with Crippen molar-refractivity contribution < 1.29 is 13.2 Å². The maximum atomic E-state index is 12.7. The average molecular weight is 371 g/mol. The standard InChI is InChI=1S/C19H21N3O3S/c1-3-22(12-11-20)19(23)17-10-9-15(2)18(13-17)26(24,25)21-14-16-7-5-4-6-8-16/h4-10,13,21H,3,12,14H2,1-2H3. The molecule has 0 aliphatic heterocycles. The third-order valence-corrected chi connectivity index (χ3v) is 5.51. The molecule has 0 saturated carbocycles. The number of hydrogen-bond donors (Lipinski definition) is 1. The van der Waals surface area contributed by atoms with Crippen molar-refractivity contribution in [3.05, 3.63) is 65.2 Å². The molecule has 136 valence electrons. The molecule has 0 spiro atoms. The first-order chi connectivity index (χ1) is 12.4. The summed E-state index contributed by atoms with van der Waals surface area (Å²) in [6, 6.07) is 15.7. The first kappa shape index (κ1) is 19.6. The number of hydrogen-bond acceptors (Lipinski definition) is 4. The summed E-state index contributed by atoms with van der Waals surface area (Å²) >= 11 is 0. The van der Waals surface area contributed by atoms with E-state index in [1.54, 1.807) is 26.0 Å². The van der Waals surface area contributed by atoms with Crippen LogP contribution < -0.4 is 4.72 Å². The number of aryl methyl sites for hydroxylation is 1. The van der Waals surface area contributed by atoms with Gasteiger partial charge in [-0.05, 0) is 37.1 Å². The SMILES string of the molecule is CCN(CC#N)C(=O)c1ccc(C)c(S(=O)(=O)NCc2ccccc2)c1. The molecular weight excluding hydrogens is 350 g/mol. The molecular formula is C19H21N3O3S. The number of nitrogens with one attached hydrogen (secondary N) is 1. The number of nitrogens with zero attached hydrogens (tertiary/aromatic N) is 2. The molecule has 0 unspecified atom stereocenters. The van der Waals surface area contributed by atoms with Crippen molar-refractivity contribution in [2.75, 3.05) is 13.1 Å². The fraction of sp³-hybridized carbons (Fsp3) is 0.263. The van der Waals surface area contributed by atoms with E-state index in [-0.39, 0.29) is 29.5 Å². The molecule has 0 bridgehead atoms. The van der Waals surface area contributed by atoms with Crippen molar-refractivity contribution in [1.82, 2.24) is 9.62 Å². The second kappa shape index (κ2) is 8.61. The van der Waals surface area contributed by atoms with Gasteiger partial charge in [0.1, 0.15) is 6.54 Å². The van der Waals surface area contributed by atoms with Crippen LogP contribution in [0.4, 0.5) is 0 Å². The molecule has 0 aliphatic rings. The zero-order chi connectivity index (χ0) is 19.2. The van der Waals surface area contributed by atoms with Crippen molar-refractivity contribution in [2.24, 2.45) is 0 Å². The van der Waals surface area contributed by atoms with Gasteiger partial charge in [0.15, 0.2) is 0 Å². The van der Waals surface area contributed by atoms with Crippen LogP contribution in [0, 0.1) is 18.3 Å². The predicted molar refractivity (Wildman–Crippen MR) is 98.8 cm³/mol. The van der Waals surface area contributed by atoms with Gasteiger partial charge in [0.05, 0.1) is 11.0 Å². The minimum Gasteiger partial charge on any atom is -0.326 e. The Morgan fingerprint density at radius 1 is 1.19 bits per heavy atom. The normalized spacial score (nSPS) is 11.0. The van der Waals surface area contributed by atoms with E-state index in [0.717, 1.165) is 5.56 Å². The summed E-state index contributed by atoms with van der Waals surface area (Å²) in [5, 5.41) is 8.82. The number of benzene rings is 2. The Labute approximate surface area is 154 Å². The Hall–Kier alpha value is -2.69. The lowest BCUT2D eigenvalue weighted by atomic mass is 10.1. The Morgan fingerprint density at radius 2 is 1.88 bits per heavy atom. The molecule has 0 saturated heterocycles. The first-order valence-electron chi connectivity index (χ1n) is 8.19. The van der Waals surface area contributed by atoms with Crippen LogP contribution in [0.2, 0.25) is 0 Å². The number of amides is 1. The zero-order valence-corrected chi connectivity index (χ0v) is 15.6. The van der Waals surface area contributed by atoms with E-state index in [9.17, 15) is 13.2 Å². The minimum atomic E-state index is -3.78. The topological polar surface area (TPSA) is 90.3 Å². The molecule has 2 aromatic rings. The van der Waals surface area contributed by atoms with E-state index < -0.39 is 10.0 Å². The van der Waals surface area contributed by atoms with Gasteiger partial charge < -0.3 is 4.90 Å². The Morgan fingerprint density at radius 3 is 2.50 bits per heavy atom. The second-order valence-corrected chi connectivity index (χ2v) is 7.50. The van der Waals surface area contributed by atoms with Crippen LogP contribution in [0.15, 0.2) is 53.4 Å². The Balaban J connectivity index is 2.28. The number of carbonyl (C=O) groups excluding carboxylic acids is 1. The van der Waals surface area contributed by atoms with Crippen LogP contribution in [0.5, 0.6) is 0 Å². The summed E-state index contributed by atoms with van der Waals surface area (Å²) in [5.41, 5.74) is 1.63. The van der Waals surface area contributed by atoms with Crippen LogP contribution >= 0.6 is 0 Å². The summed E-state index contributed by atoms with van der Waals surface area (Å²) in [6.45, 7) is 3.93. The molecule has 0 atom stereocenters. The van der Waals surface area contributed by atoms with E-state index in [1.807, 2.05) is 36.4 Å². The van der Waals surface area contributed by atoms with Crippen LogP contribution in [0.1, 0.15) is 28.4 Å². The smallest absolute Gasteiger partial charge is 0.254 e. The zero-order valence-electron chi connectivity index (χ0n) is 14.8. The van der Waals surface area contributed by atoms with Crippen LogP contribution in [0.25, 0.3) is 0 Å². The molecule has 2 aromatic carbocycles. The molecule has 0 heterocycles. The summed E-state index contributed by atoms with van der Waals surface area (Å²) in [5.74, 6) is -0.367. The van der Waals surface area contributed by atoms with Crippen molar-refractivity contribution in [3.8, 4) is 6.07 Å². The van der Waals surface area contributed by atoms with Crippen LogP contribution in [0.3, 0.4) is 0 Å². The highest BCUT2D eigenvalue weighted by atomic mass is 32.2. The third-order valence-electron chi connectivity index (χ3n) is 3.96. The summed E-state index contributed by atoms with van der Waals surface area (Å²) in [6.07, 6.45) is 0. The van der Waals surface area contributed by atoms with Crippen molar-refractivity contribution in [3.63, 3.8) is 0 Å². The minimum absolute atomic E-state index is 0.0441. The molecule has 26 heavy (non-hydrogen) atoms. The molecule has 1 N–H and O–H groups in total. The van der Waals surface area contributed by atoms with E-state index >= 15 is 0 Å². The van der Waals surface area contributed by atoms with E-state index in [2.05, 4.69) is 4.72 Å². The fourth-order valence-corrected chi connectivity index (χ4v) is 3.76.